The zero-order valence-electron chi connectivity index (χ0n) is 20.6. The van der Waals surface area contributed by atoms with Crippen molar-refractivity contribution in [2.75, 3.05) is 27.2 Å². The highest BCUT2D eigenvalue weighted by atomic mass is 16.5. The molecule has 0 spiro atoms. The zero-order chi connectivity index (χ0) is 25.4. The fraction of sp³-hybridized carbons (Fsp3) is 0.444. The third-order valence-corrected chi connectivity index (χ3v) is 6.28. The van der Waals surface area contributed by atoms with E-state index in [1.165, 1.54) is 0 Å². The first kappa shape index (κ1) is 26.2. The number of aliphatic carboxylic acids is 1. The molecule has 0 fully saturated rings. The fourth-order valence-electron chi connectivity index (χ4n) is 4.38. The molecule has 2 amide bonds. The number of carbonyl (C=O) groups is 3. The molecule has 188 valence electrons. The maximum atomic E-state index is 12.9. The summed E-state index contributed by atoms with van der Waals surface area (Å²) < 4.78 is 5.58. The molecule has 3 N–H and O–H groups in total. The maximum Gasteiger partial charge on any atom is 0.407 e. The van der Waals surface area contributed by atoms with Crippen LogP contribution >= 0.6 is 0 Å². The number of unbranched alkanes of at least 4 members (excludes halogenated alkanes) is 1. The molecule has 0 bridgehead atoms. The average molecular weight is 482 g/mol. The van der Waals surface area contributed by atoms with E-state index in [4.69, 9.17) is 4.74 Å². The SMILES string of the molecule is CCCCC(NC(=O)C(CCN(C)C)NC(=O)OCC1c2ccccc2-c2ccccc21)C(=O)O. The van der Waals surface area contributed by atoms with Crippen molar-refractivity contribution in [3.05, 3.63) is 59.7 Å². The van der Waals surface area contributed by atoms with E-state index in [1.54, 1.807) is 0 Å². The smallest absolute Gasteiger partial charge is 0.407 e. The van der Waals surface area contributed by atoms with Crippen LogP contribution in [0.1, 0.15) is 49.7 Å². The number of nitrogens with zero attached hydrogens (tertiary/aromatic N) is 1. The van der Waals surface area contributed by atoms with Gasteiger partial charge in [-0.05, 0) is 55.7 Å². The summed E-state index contributed by atoms with van der Waals surface area (Å²) in [5, 5.41) is 14.7. The highest BCUT2D eigenvalue weighted by Gasteiger charge is 2.30. The molecule has 0 radical (unpaired) electrons. The number of ether oxygens (including phenoxy) is 1. The number of amides is 2. The summed E-state index contributed by atoms with van der Waals surface area (Å²) in [7, 11) is 3.73. The van der Waals surface area contributed by atoms with E-state index in [-0.39, 0.29) is 12.5 Å². The predicted octanol–water partition coefficient (Wildman–Crippen LogP) is 3.61. The van der Waals surface area contributed by atoms with Crippen LogP contribution in [0.5, 0.6) is 0 Å². The van der Waals surface area contributed by atoms with E-state index in [9.17, 15) is 19.5 Å². The second kappa shape index (κ2) is 12.4. The van der Waals surface area contributed by atoms with Crippen molar-refractivity contribution in [2.45, 2.75) is 50.6 Å². The monoisotopic (exact) mass is 481 g/mol. The van der Waals surface area contributed by atoms with Crippen molar-refractivity contribution in [3.8, 4) is 11.1 Å². The van der Waals surface area contributed by atoms with Gasteiger partial charge in [0.1, 0.15) is 18.7 Å². The van der Waals surface area contributed by atoms with Crippen molar-refractivity contribution in [1.29, 1.82) is 0 Å². The van der Waals surface area contributed by atoms with Crippen LogP contribution in [0, 0.1) is 0 Å². The third kappa shape index (κ3) is 6.82. The quantitative estimate of drug-likeness (QED) is 0.428. The Hall–Kier alpha value is -3.39. The molecular weight excluding hydrogens is 446 g/mol. The van der Waals surface area contributed by atoms with Gasteiger partial charge in [-0.25, -0.2) is 9.59 Å². The van der Waals surface area contributed by atoms with Gasteiger partial charge in [-0.15, -0.1) is 0 Å². The first-order chi connectivity index (χ1) is 16.8. The molecule has 2 aromatic carbocycles. The summed E-state index contributed by atoms with van der Waals surface area (Å²) in [6.07, 6.45) is 1.46. The fourth-order valence-corrected chi connectivity index (χ4v) is 4.38. The minimum absolute atomic E-state index is 0.0902. The predicted molar refractivity (Wildman–Crippen MR) is 134 cm³/mol. The number of nitrogens with one attached hydrogen (secondary N) is 2. The van der Waals surface area contributed by atoms with E-state index >= 15 is 0 Å². The standard InChI is InChI=1S/C27H35N3O5/c1-4-5-14-24(26(32)33)28-25(31)23(15-16-30(2)3)29-27(34)35-17-22-20-12-8-6-10-18(20)19-11-7-9-13-21(19)22/h6-13,22-24H,4-5,14-17H2,1-3H3,(H,28,31)(H,29,34)(H,32,33). The minimum atomic E-state index is -1.08. The van der Waals surface area contributed by atoms with E-state index in [2.05, 4.69) is 22.8 Å². The number of benzene rings is 2. The van der Waals surface area contributed by atoms with Gasteiger partial charge in [-0.2, -0.15) is 0 Å². The molecule has 2 unspecified atom stereocenters. The van der Waals surface area contributed by atoms with Gasteiger partial charge in [0.2, 0.25) is 5.91 Å². The second-order valence-corrected chi connectivity index (χ2v) is 9.16. The molecule has 8 heteroatoms. The molecule has 3 rings (SSSR count). The number of carboxylic acids is 1. The van der Waals surface area contributed by atoms with E-state index in [0.29, 0.717) is 25.8 Å². The van der Waals surface area contributed by atoms with Crippen LogP contribution in [-0.2, 0) is 14.3 Å². The van der Waals surface area contributed by atoms with Crippen molar-refractivity contribution >= 4 is 18.0 Å². The number of carboxylic acid groups (broad SMARTS) is 1. The van der Waals surface area contributed by atoms with Gasteiger partial charge in [-0.1, -0.05) is 68.3 Å². The molecule has 0 saturated carbocycles. The van der Waals surface area contributed by atoms with Gasteiger partial charge in [0.25, 0.3) is 0 Å². The molecule has 0 aliphatic heterocycles. The second-order valence-electron chi connectivity index (χ2n) is 9.16. The van der Waals surface area contributed by atoms with Crippen LogP contribution < -0.4 is 10.6 Å². The molecule has 35 heavy (non-hydrogen) atoms. The molecule has 0 aromatic heterocycles. The summed E-state index contributed by atoms with van der Waals surface area (Å²) >= 11 is 0. The maximum absolute atomic E-state index is 12.9. The van der Waals surface area contributed by atoms with Gasteiger partial charge in [0, 0.05) is 5.92 Å². The first-order valence-corrected chi connectivity index (χ1v) is 12.1. The van der Waals surface area contributed by atoms with Gasteiger partial charge in [0.05, 0.1) is 0 Å². The Bertz CT molecular complexity index is 993. The van der Waals surface area contributed by atoms with E-state index in [0.717, 1.165) is 28.7 Å². The van der Waals surface area contributed by atoms with Crippen LogP contribution in [0.3, 0.4) is 0 Å². The minimum Gasteiger partial charge on any atom is -0.480 e. The molecule has 1 aliphatic rings. The van der Waals surface area contributed by atoms with Crippen LogP contribution in [0.2, 0.25) is 0 Å². The lowest BCUT2D eigenvalue weighted by atomic mass is 9.98. The summed E-state index contributed by atoms with van der Waals surface area (Å²) in [5.74, 6) is -1.70. The van der Waals surface area contributed by atoms with Crippen molar-refractivity contribution in [2.24, 2.45) is 0 Å². The van der Waals surface area contributed by atoms with E-state index < -0.39 is 30.1 Å². The lowest BCUT2D eigenvalue weighted by Crippen LogP contribution is -2.52. The lowest BCUT2D eigenvalue weighted by molar-refractivity contribution is -0.142. The van der Waals surface area contributed by atoms with Crippen molar-refractivity contribution in [1.82, 2.24) is 15.5 Å². The number of fused-ring (bicyclic) bond motifs is 3. The number of hydrogen-bond donors (Lipinski definition) is 3. The molecule has 0 heterocycles. The van der Waals surface area contributed by atoms with Crippen LogP contribution in [-0.4, -0.2) is 67.3 Å². The molecule has 8 nitrogen and oxygen atoms in total. The number of hydrogen-bond acceptors (Lipinski definition) is 5. The molecule has 2 aromatic rings. The first-order valence-electron chi connectivity index (χ1n) is 12.1. The summed E-state index contributed by atoms with van der Waals surface area (Å²) in [6, 6.07) is 14.2. The van der Waals surface area contributed by atoms with Crippen molar-refractivity contribution < 1.29 is 24.2 Å². The lowest BCUT2D eigenvalue weighted by Gasteiger charge is -2.23. The topological polar surface area (TPSA) is 108 Å². The van der Waals surface area contributed by atoms with Crippen LogP contribution in [0.4, 0.5) is 4.79 Å². The number of alkyl carbamates (subject to hydrolysis) is 1. The van der Waals surface area contributed by atoms with Gasteiger partial charge >= 0.3 is 12.1 Å². The molecule has 2 atom stereocenters. The molecular formula is C27H35N3O5. The van der Waals surface area contributed by atoms with Crippen LogP contribution in [0.15, 0.2) is 48.5 Å². The summed E-state index contributed by atoms with van der Waals surface area (Å²) in [4.78, 5) is 39.1. The normalized spacial score (nSPS) is 14.1. The molecule has 0 saturated heterocycles. The van der Waals surface area contributed by atoms with Gasteiger partial charge in [-0.3, -0.25) is 4.79 Å². The van der Waals surface area contributed by atoms with Gasteiger partial charge in [0.15, 0.2) is 0 Å². The number of rotatable bonds is 12. The Kier molecular flexibility index (Phi) is 9.25. The highest BCUT2D eigenvalue weighted by molar-refractivity contribution is 5.89. The van der Waals surface area contributed by atoms with Crippen molar-refractivity contribution in [3.63, 3.8) is 0 Å². The Morgan fingerprint density at radius 2 is 1.54 bits per heavy atom. The number of carbonyl (C=O) groups excluding carboxylic acids is 2. The molecule has 1 aliphatic carbocycles. The third-order valence-electron chi connectivity index (χ3n) is 6.28. The average Bonchev–Trinajstić information content (AvgIpc) is 3.16. The van der Waals surface area contributed by atoms with Gasteiger partial charge < -0.3 is 25.4 Å². The summed E-state index contributed by atoms with van der Waals surface area (Å²) in [5.41, 5.74) is 4.46. The Balaban J connectivity index is 1.65. The summed E-state index contributed by atoms with van der Waals surface area (Å²) in [6.45, 7) is 2.63. The Morgan fingerprint density at radius 3 is 2.09 bits per heavy atom. The zero-order valence-corrected chi connectivity index (χ0v) is 20.6. The highest BCUT2D eigenvalue weighted by Crippen LogP contribution is 2.44. The Labute approximate surface area is 206 Å². The van der Waals surface area contributed by atoms with E-state index in [1.807, 2.05) is 62.3 Å². The largest absolute Gasteiger partial charge is 0.480 e. The van der Waals surface area contributed by atoms with Crippen LogP contribution in [0.25, 0.3) is 11.1 Å². The Morgan fingerprint density at radius 1 is 0.943 bits per heavy atom.